The highest BCUT2D eigenvalue weighted by atomic mass is 35.5. The number of anilines is 1. The number of hydrogen-bond acceptors (Lipinski definition) is 3. The molecule has 1 aromatic carbocycles. The Morgan fingerprint density at radius 3 is 2.58 bits per heavy atom. The fourth-order valence-corrected chi connectivity index (χ4v) is 1.58. The standard InChI is InChI=1S/C14H22N2O2.ClH/c1-10(2)18-13-6-5-12(9-11(13)3)16-14(17)7-8-15-4;/h5-6,9-10,15H,7-8H2,1-4H3,(H,16,17);1H. The number of rotatable bonds is 6. The lowest BCUT2D eigenvalue weighted by Gasteiger charge is -2.13. The van der Waals surface area contributed by atoms with Crippen molar-refractivity contribution >= 4 is 24.0 Å². The van der Waals surface area contributed by atoms with Crippen LogP contribution in [0.1, 0.15) is 25.8 Å². The van der Waals surface area contributed by atoms with Crippen molar-refractivity contribution in [3.05, 3.63) is 23.8 Å². The molecule has 0 radical (unpaired) electrons. The highest BCUT2D eigenvalue weighted by molar-refractivity contribution is 5.91. The van der Waals surface area contributed by atoms with Gasteiger partial charge in [-0.2, -0.15) is 0 Å². The summed E-state index contributed by atoms with van der Waals surface area (Å²) in [4.78, 5) is 11.6. The van der Waals surface area contributed by atoms with Gasteiger partial charge in [0.05, 0.1) is 6.10 Å². The molecule has 5 heteroatoms. The molecule has 0 aliphatic heterocycles. The molecule has 0 saturated heterocycles. The van der Waals surface area contributed by atoms with Gasteiger partial charge < -0.3 is 15.4 Å². The molecule has 0 unspecified atom stereocenters. The van der Waals surface area contributed by atoms with E-state index < -0.39 is 0 Å². The van der Waals surface area contributed by atoms with Crippen LogP contribution in [-0.4, -0.2) is 25.6 Å². The Hall–Kier alpha value is -1.26. The number of ether oxygens (including phenoxy) is 1. The first-order valence-corrected chi connectivity index (χ1v) is 6.24. The van der Waals surface area contributed by atoms with Gasteiger partial charge in [-0.1, -0.05) is 0 Å². The number of hydrogen-bond donors (Lipinski definition) is 2. The van der Waals surface area contributed by atoms with Gasteiger partial charge in [0.2, 0.25) is 5.91 Å². The number of nitrogens with one attached hydrogen (secondary N) is 2. The third-order valence-corrected chi connectivity index (χ3v) is 2.42. The highest BCUT2D eigenvalue weighted by Gasteiger charge is 2.05. The third kappa shape index (κ3) is 6.45. The highest BCUT2D eigenvalue weighted by Crippen LogP contribution is 2.22. The van der Waals surface area contributed by atoms with Crippen molar-refractivity contribution in [2.75, 3.05) is 18.9 Å². The first-order valence-electron chi connectivity index (χ1n) is 6.24. The molecule has 1 rings (SSSR count). The van der Waals surface area contributed by atoms with E-state index in [1.807, 2.05) is 46.0 Å². The van der Waals surface area contributed by atoms with Crippen LogP contribution in [0.25, 0.3) is 0 Å². The Morgan fingerprint density at radius 1 is 1.37 bits per heavy atom. The molecule has 0 aromatic heterocycles. The maximum Gasteiger partial charge on any atom is 0.225 e. The van der Waals surface area contributed by atoms with Gasteiger partial charge in [0, 0.05) is 18.7 Å². The van der Waals surface area contributed by atoms with E-state index in [4.69, 9.17) is 4.74 Å². The summed E-state index contributed by atoms with van der Waals surface area (Å²) in [5.74, 6) is 0.875. The zero-order valence-electron chi connectivity index (χ0n) is 11.9. The zero-order valence-corrected chi connectivity index (χ0v) is 12.8. The minimum atomic E-state index is 0. The van der Waals surface area contributed by atoms with Crippen LogP contribution in [0, 0.1) is 6.92 Å². The second-order valence-corrected chi connectivity index (χ2v) is 4.55. The largest absolute Gasteiger partial charge is 0.491 e. The molecule has 4 nitrogen and oxygen atoms in total. The molecule has 2 N–H and O–H groups in total. The van der Waals surface area contributed by atoms with Gasteiger partial charge >= 0.3 is 0 Å². The molecule has 0 aliphatic rings. The van der Waals surface area contributed by atoms with Crippen LogP contribution in [0.4, 0.5) is 5.69 Å². The molecular formula is C14H23ClN2O2. The Balaban J connectivity index is 0.00000324. The molecule has 0 atom stereocenters. The smallest absolute Gasteiger partial charge is 0.225 e. The van der Waals surface area contributed by atoms with Gasteiger partial charge in [-0.15, -0.1) is 12.4 Å². The van der Waals surface area contributed by atoms with Crippen LogP contribution in [-0.2, 0) is 4.79 Å². The van der Waals surface area contributed by atoms with Crippen molar-refractivity contribution in [3.63, 3.8) is 0 Å². The quantitative estimate of drug-likeness (QED) is 0.845. The predicted molar refractivity (Wildman–Crippen MR) is 81.4 cm³/mol. The fraction of sp³-hybridized carbons (Fsp3) is 0.500. The molecule has 108 valence electrons. The van der Waals surface area contributed by atoms with Gasteiger partial charge in [0.15, 0.2) is 0 Å². The van der Waals surface area contributed by atoms with E-state index in [0.717, 1.165) is 17.0 Å². The van der Waals surface area contributed by atoms with Crippen molar-refractivity contribution in [2.24, 2.45) is 0 Å². The third-order valence-electron chi connectivity index (χ3n) is 2.42. The van der Waals surface area contributed by atoms with Gasteiger partial charge in [-0.05, 0) is 51.6 Å². The van der Waals surface area contributed by atoms with Crippen LogP contribution >= 0.6 is 12.4 Å². The first-order chi connectivity index (χ1) is 8.52. The summed E-state index contributed by atoms with van der Waals surface area (Å²) in [6.45, 7) is 6.64. The summed E-state index contributed by atoms with van der Waals surface area (Å²) in [6.07, 6.45) is 0.625. The summed E-state index contributed by atoms with van der Waals surface area (Å²) in [5, 5.41) is 5.81. The maximum atomic E-state index is 11.6. The number of benzene rings is 1. The minimum absolute atomic E-state index is 0. The Morgan fingerprint density at radius 2 is 2.05 bits per heavy atom. The molecule has 1 aromatic rings. The molecule has 0 aliphatic carbocycles. The molecular weight excluding hydrogens is 264 g/mol. The van der Waals surface area contributed by atoms with E-state index in [1.54, 1.807) is 0 Å². The van der Waals surface area contributed by atoms with Gasteiger partial charge in [0.1, 0.15) is 5.75 Å². The van der Waals surface area contributed by atoms with E-state index in [-0.39, 0.29) is 24.4 Å². The van der Waals surface area contributed by atoms with Crippen LogP contribution in [0.2, 0.25) is 0 Å². The second kappa shape index (κ2) is 8.77. The normalized spacial score (nSPS) is 9.95. The van der Waals surface area contributed by atoms with E-state index in [1.165, 1.54) is 0 Å². The monoisotopic (exact) mass is 286 g/mol. The van der Waals surface area contributed by atoms with Crippen LogP contribution < -0.4 is 15.4 Å². The fourth-order valence-electron chi connectivity index (χ4n) is 1.58. The lowest BCUT2D eigenvalue weighted by Crippen LogP contribution is -2.18. The van der Waals surface area contributed by atoms with Crippen molar-refractivity contribution in [1.82, 2.24) is 5.32 Å². The average molecular weight is 287 g/mol. The Bertz CT molecular complexity index is 408. The Labute approximate surface area is 121 Å². The summed E-state index contributed by atoms with van der Waals surface area (Å²) in [5.41, 5.74) is 1.83. The Kier molecular flexibility index (Phi) is 8.19. The van der Waals surface area contributed by atoms with Gasteiger partial charge in [-0.25, -0.2) is 0 Å². The van der Waals surface area contributed by atoms with Crippen molar-refractivity contribution in [2.45, 2.75) is 33.3 Å². The molecule has 0 saturated carbocycles. The van der Waals surface area contributed by atoms with Crippen LogP contribution in [0.5, 0.6) is 5.75 Å². The topological polar surface area (TPSA) is 50.4 Å². The number of halogens is 1. The number of carbonyl (C=O) groups excluding carboxylic acids is 1. The van der Waals surface area contributed by atoms with E-state index in [2.05, 4.69) is 10.6 Å². The molecule has 0 fully saturated rings. The van der Waals surface area contributed by atoms with Crippen LogP contribution in [0.15, 0.2) is 18.2 Å². The molecule has 19 heavy (non-hydrogen) atoms. The molecule has 0 bridgehead atoms. The summed E-state index contributed by atoms with van der Waals surface area (Å²) >= 11 is 0. The second-order valence-electron chi connectivity index (χ2n) is 4.55. The average Bonchev–Trinajstić information content (AvgIpc) is 2.29. The van der Waals surface area contributed by atoms with Crippen molar-refractivity contribution in [3.8, 4) is 5.75 Å². The summed E-state index contributed by atoms with van der Waals surface area (Å²) in [7, 11) is 1.83. The number of carbonyl (C=O) groups is 1. The number of aryl methyl sites for hydroxylation is 1. The van der Waals surface area contributed by atoms with Gasteiger partial charge in [0.25, 0.3) is 0 Å². The van der Waals surface area contributed by atoms with Crippen molar-refractivity contribution < 1.29 is 9.53 Å². The van der Waals surface area contributed by atoms with Crippen molar-refractivity contribution in [1.29, 1.82) is 0 Å². The number of amides is 1. The lowest BCUT2D eigenvalue weighted by molar-refractivity contribution is -0.116. The van der Waals surface area contributed by atoms with E-state index in [0.29, 0.717) is 13.0 Å². The molecule has 0 heterocycles. The van der Waals surface area contributed by atoms with Crippen LogP contribution in [0.3, 0.4) is 0 Å². The minimum Gasteiger partial charge on any atom is -0.491 e. The first kappa shape index (κ1) is 17.7. The summed E-state index contributed by atoms with van der Waals surface area (Å²) in [6, 6.07) is 5.68. The van der Waals surface area contributed by atoms with E-state index >= 15 is 0 Å². The molecule has 1 amide bonds. The lowest BCUT2D eigenvalue weighted by atomic mass is 10.2. The zero-order chi connectivity index (χ0) is 13.5. The molecule has 0 spiro atoms. The van der Waals surface area contributed by atoms with Gasteiger partial charge in [-0.3, -0.25) is 4.79 Å². The van der Waals surface area contributed by atoms with E-state index in [9.17, 15) is 4.79 Å². The SMILES string of the molecule is CNCCC(=O)Nc1ccc(OC(C)C)c(C)c1.Cl. The maximum absolute atomic E-state index is 11.6. The summed E-state index contributed by atoms with van der Waals surface area (Å²) < 4.78 is 5.65. The predicted octanol–water partition coefficient (Wildman–Crippen LogP) is 2.75.